The Morgan fingerprint density at radius 3 is 2.75 bits per heavy atom. The molecule has 0 saturated carbocycles. The molecule has 4 heterocycles. The topological polar surface area (TPSA) is 37.3 Å². The third-order valence-electron chi connectivity index (χ3n) is 6.37. The van der Waals surface area contributed by atoms with Gasteiger partial charge in [-0.2, -0.15) is 0 Å². The molecule has 32 heavy (non-hydrogen) atoms. The number of aryl methyl sites for hydroxylation is 1. The van der Waals surface area contributed by atoms with Gasteiger partial charge < -0.3 is 14.8 Å². The molecular weight excluding hydrogens is 458 g/mol. The van der Waals surface area contributed by atoms with Crippen LogP contribution in [0.3, 0.4) is 0 Å². The molecule has 0 saturated heterocycles. The standard InChI is InChI=1S/C25H22ClN3OS2/c26-18-8-2-3-9-19(18)27-25(30)29-15-17-16-7-1-4-11-21(16)32-24(17)28-13-5-10-20(28)23(29)22-12-6-14-31-22/h2-3,5-6,8-10,12-14,23H,1,4,7,11,15H2,(H,27,30)/t23-/m1/s1. The molecule has 1 atom stereocenters. The second-order valence-corrected chi connectivity index (χ2v) is 10.7. The van der Waals surface area contributed by atoms with E-state index in [1.807, 2.05) is 34.4 Å². The first-order chi connectivity index (χ1) is 15.7. The maximum absolute atomic E-state index is 13.8. The number of benzene rings is 1. The van der Waals surface area contributed by atoms with Gasteiger partial charge in [-0.3, -0.25) is 0 Å². The zero-order valence-corrected chi connectivity index (χ0v) is 19.8. The van der Waals surface area contributed by atoms with Crippen molar-refractivity contribution in [2.24, 2.45) is 0 Å². The Bertz CT molecular complexity index is 1290. The maximum Gasteiger partial charge on any atom is 0.323 e. The number of nitrogens with zero attached hydrogens (tertiary/aromatic N) is 2. The van der Waals surface area contributed by atoms with Crippen molar-refractivity contribution < 1.29 is 4.79 Å². The molecule has 4 aromatic rings. The van der Waals surface area contributed by atoms with Crippen molar-refractivity contribution in [3.05, 3.63) is 91.7 Å². The first-order valence-electron chi connectivity index (χ1n) is 10.9. The lowest BCUT2D eigenvalue weighted by molar-refractivity contribution is 0.195. The lowest BCUT2D eigenvalue weighted by atomic mass is 9.95. The van der Waals surface area contributed by atoms with Crippen molar-refractivity contribution in [3.63, 3.8) is 0 Å². The van der Waals surface area contributed by atoms with Crippen LogP contribution < -0.4 is 5.32 Å². The number of urea groups is 1. The molecular formula is C25H22ClN3OS2. The summed E-state index contributed by atoms with van der Waals surface area (Å²) in [6.07, 6.45) is 6.85. The second kappa shape index (κ2) is 8.10. The third-order valence-corrected chi connectivity index (χ3v) is 8.96. The van der Waals surface area contributed by atoms with Gasteiger partial charge in [-0.15, -0.1) is 22.7 Å². The Hall–Kier alpha value is -2.54. The molecule has 1 aliphatic carbocycles. The van der Waals surface area contributed by atoms with Gasteiger partial charge in [0, 0.05) is 21.5 Å². The monoisotopic (exact) mass is 479 g/mol. The van der Waals surface area contributed by atoms with E-state index in [4.69, 9.17) is 11.6 Å². The molecule has 1 aromatic carbocycles. The highest BCUT2D eigenvalue weighted by atomic mass is 35.5. The number of carbonyl (C=O) groups excluding carboxylic acids is 1. The fraction of sp³-hybridized carbons (Fsp3) is 0.240. The lowest BCUT2D eigenvalue weighted by Crippen LogP contribution is -2.37. The Labute approximate surface area is 200 Å². The Morgan fingerprint density at radius 2 is 1.91 bits per heavy atom. The number of nitrogens with one attached hydrogen (secondary N) is 1. The molecule has 4 nitrogen and oxygen atoms in total. The number of anilines is 1. The predicted molar refractivity (Wildman–Crippen MR) is 132 cm³/mol. The van der Waals surface area contributed by atoms with Gasteiger partial charge in [-0.05, 0) is 67.0 Å². The summed E-state index contributed by atoms with van der Waals surface area (Å²) in [5.74, 6) is 0. The number of hydrogen-bond donors (Lipinski definition) is 1. The third kappa shape index (κ3) is 3.29. The van der Waals surface area contributed by atoms with E-state index >= 15 is 0 Å². The summed E-state index contributed by atoms with van der Waals surface area (Å²) in [7, 11) is 0. The zero-order valence-electron chi connectivity index (χ0n) is 17.4. The van der Waals surface area contributed by atoms with Crippen LogP contribution in [0.5, 0.6) is 0 Å². The maximum atomic E-state index is 13.8. The van der Waals surface area contributed by atoms with E-state index in [2.05, 4.69) is 45.7 Å². The fourth-order valence-electron chi connectivity index (χ4n) is 4.88. The van der Waals surface area contributed by atoms with Crippen molar-refractivity contribution in [2.45, 2.75) is 38.3 Å². The van der Waals surface area contributed by atoms with E-state index in [9.17, 15) is 4.79 Å². The fourth-order valence-corrected chi connectivity index (χ4v) is 7.32. The van der Waals surface area contributed by atoms with Crippen LogP contribution in [0, 0.1) is 0 Å². The quantitative estimate of drug-likeness (QED) is 0.322. The van der Waals surface area contributed by atoms with E-state index in [1.54, 1.807) is 17.4 Å². The largest absolute Gasteiger partial charge is 0.323 e. The minimum absolute atomic E-state index is 0.132. The van der Waals surface area contributed by atoms with Gasteiger partial charge in [0.05, 0.1) is 22.9 Å². The van der Waals surface area contributed by atoms with Gasteiger partial charge >= 0.3 is 6.03 Å². The molecule has 2 amide bonds. The highest BCUT2D eigenvalue weighted by Crippen LogP contribution is 2.44. The van der Waals surface area contributed by atoms with Gasteiger partial charge in [0.2, 0.25) is 0 Å². The summed E-state index contributed by atoms with van der Waals surface area (Å²) >= 11 is 9.96. The molecule has 3 aromatic heterocycles. The number of para-hydroxylation sites is 1. The van der Waals surface area contributed by atoms with Gasteiger partial charge in [0.25, 0.3) is 0 Å². The van der Waals surface area contributed by atoms with Gasteiger partial charge in [-0.25, -0.2) is 4.79 Å². The SMILES string of the molecule is O=C(Nc1ccccc1Cl)N1Cc2c(sc3c2CCCC3)-n2cccc2[C@@H]1c1cccs1. The number of fused-ring (bicyclic) bond motifs is 5. The Kier molecular flexibility index (Phi) is 5.09. The number of aromatic nitrogens is 1. The number of thiophene rings is 2. The van der Waals surface area contributed by atoms with Crippen LogP contribution in [0.25, 0.3) is 5.00 Å². The van der Waals surface area contributed by atoms with Crippen molar-refractivity contribution in [1.82, 2.24) is 9.47 Å². The zero-order chi connectivity index (χ0) is 21.7. The number of amides is 2. The molecule has 162 valence electrons. The van der Waals surface area contributed by atoms with E-state index in [0.717, 1.165) is 23.4 Å². The summed E-state index contributed by atoms with van der Waals surface area (Å²) < 4.78 is 2.31. The molecule has 0 spiro atoms. The van der Waals surface area contributed by atoms with Crippen LogP contribution in [-0.4, -0.2) is 15.5 Å². The molecule has 7 heteroatoms. The molecule has 0 radical (unpaired) electrons. The second-order valence-electron chi connectivity index (χ2n) is 8.25. The van der Waals surface area contributed by atoms with Crippen LogP contribution in [0.15, 0.2) is 60.1 Å². The number of halogens is 1. The molecule has 1 N–H and O–H groups in total. The van der Waals surface area contributed by atoms with Crippen molar-refractivity contribution >= 4 is 46.0 Å². The number of carbonyl (C=O) groups is 1. The normalized spacial score (nSPS) is 17.3. The van der Waals surface area contributed by atoms with Crippen LogP contribution in [0.4, 0.5) is 10.5 Å². The Morgan fingerprint density at radius 1 is 1.03 bits per heavy atom. The van der Waals surface area contributed by atoms with Crippen molar-refractivity contribution in [1.29, 1.82) is 0 Å². The summed E-state index contributed by atoms with van der Waals surface area (Å²) in [6.45, 7) is 0.585. The first kappa shape index (κ1) is 20.1. The predicted octanol–water partition coefficient (Wildman–Crippen LogP) is 7.27. The summed E-state index contributed by atoms with van der Waals surface area (Å²) in [5, 5.41) is 6.97. The molecule has 0 fully saturated rings. The molecule has 6 rings (SSSR count). The Balaban J connectivity index is 1.50. The van der Waals surface area contributed by atoms with E-state index in [-0.39, 0.29) is 12.1 Å². The summed E-state index contributed by atoms with van der Waals surface area (Å²) in [6, 6.07) is 15.5. The molecule has 0 unspecified atom stereocenters. The van der Waals surface area contributed by atoms with E-state index in [0.29, 0.717) is 17.3 Å². The smallest absolute Gasteiger partial charge is 0.310 e. The molecule has 2 aliphatic rings. The first-order valence-corrected chi connectivity index (χ1v) is 12.9. The van der Waals surface area contributed by atoms with Gasteiger partial charge in [0.1, 0.15) is 11.0 Å². The van der Waals surface area contributed by atoms with Crippen molar-refractivity contribution in [3.8, 4) is 5.00 Å². The highest BCUT2D eigenvalue weighted by Gasteiger charge is 2.36. The van der Waals surface area contributed by atoms with Crippen LogP contribution in [0.2, 0.25) is 5.02 Å². The summed E-state index contributed by atoms with van der Waals surface area (Å²) in [5.41, 5.74) is 4.52. The van der Waals surface area contributed by atoms with E-state index in [1.165, 1.54) is 33.8 Å². The average Bonchev–Trinajstić information content (AvgIpc) is 3.55. The average molecular weight is 480 g/mol. The van der Waals surface area contributed by atoms with Crippen LogP contribution >= 0.6 is 34.3 Å². The minimum Gasteiger partial charge on any atom is -0.310 e. The van der Waals surface area contributed by atoms with Gasteiger partial charge in [-0.1, -0.05) is 29.8 Å². The van der Waals surface area contributed by atoms with Crippen LogP contribution in [-0.2, 0) is 19.4 Å². The van der Waals surface area contributed by atoms with Crippen LogP contribution in [0.1, 0.15) is 45.5 Å². The minimum atomic E-state index is -0.161. The van der Waals surface area contributed by atoms with E-state index < -0.39 is 0 Å². The molecule has 0 bridgehead atoms. The summed E-state index contributed by atoms with van der Waals surface area (Å²) in [4.78, 5) is 18.4. The highest BCUT2D eigenvalue weighted by molar-refractivity contribution is 7.15. The number of hydrogen-bond acceptors (Lipinski definition) is 3. The number of rotatable bonds is 2. The van der Waals surface area contributed by atoms with Crippen molar-refractivity contribution in [2.75, 3.05) is 5.32 Å². The molecule has 1 aliphatic heterocycles. The van der Waals surface area contributed by atoms with Gasteiger partial charge in [0.15, 0.2) is 0 Å². The lowest BCUT2D eigenvalue weighted by Gasteiger charge is -2.30.